The number of methoxy groups -OCH3 is 2. The minimum Gasteiger partial charge on any atom is -0.495 e. The van der Waals surface area contributed by atoms with Gasteiger partial charge < -0.3 is 25.1 Å². The van der Waals surface area contributed by atoms with Gasteiger partial charge in [0.2, 0.25) is 0 Å². The molecule has 4 rings (SSSR count). The summed E-state index contributed by atoms with van der Waals surface area (Å²) in [6, 6.07) is 13.0. The highest BCUT2D eigenvalue weighted by Crippen LogP contribution is 2.35. The fraction of sp³-hybridized carbons (Fsp3) is 0.167. The molecule has 3 N–H and O–H groups in total. The van der Waals surface area contributed by atoms with Gasteiger partial charge in [-0.05, 0) is 43.3 Å². The molecule has 2 aromatic heterocycles. The van der Waals surface area contributed by atoms with Gasteiger partial charge in [-0.1, -0.05) is 11.6 Å². The third-order valence-corrected chi connectivity index (χ3v) is 5.42. The monoisotopic (exact) mass is 477 g/mol. The molecule has 0 spiro atoms. The van der Waals surface area contributed by atoms with Crippen LogP contribution in [0.3, 0.4) is 0 Å². The number of aryl methyl sites for hydroxylation is 1. The molecule has 2 aromatic carbocycles. The van der Waals surface area contributed by atoms with Crippen LogP contribution >= 0.6 is 11.6 Å². The maximum absolute atomic E-state index is 6.19. The quantitative estimate of drug-likeness (QED) is 0.283. The highest BCUT2D eigenvalue weighted by atomic mass is 35.5. The number of nitrogens with two attached hydrogens (primary N) is 1. The lowest BCUT2D eigenvalue weighted by Crippen LogP contribution is -2.04. The molecular weight excluding hydrogens is 454 g/mol. The van der Waals surface area contributed by atoms with Gasteiger partial charge in [-0.2, -0.15) is 0 Å². The van der Waals surface area contributed by atoms with Crippen LogP contribution in [-0.4, -0.2) is 40.9 Å². The number of nitrogens with one attached hydrogen (secondary N) is 1. The van der Waals surface area contributed by atoms with Gasteiger partial charge in [0.1, 0.15) is 34.9 Å². The van der Waals surface area contributed by atoms with Crippen molar-refractivity contribution in [3.8, 4) is 22.9 Å². The maximum atomic E-state index is 6.19. The topological polar surface area (TPSA) is 112 Å². The van der Waals surface area contributed by atoms with E-state index in [1.807, 2.05) is 48.0 Å². The number of nitrogens with zero attached hydrogens (tertiary/aromatic N) is 5. The van der Waals surface area contributed by atoms with Crippen molar-refractivity contribution in [2.45, 2.75) is 6.92 Å². The number of halogens is 1. The van der Waals surface area contributed by atoms with Crippen LogP contribution in [0, 0.1) is 0 Å². The highest BCUT2D eigenvalue weighted by molar-refractivity contribution is 6.32. The Morgan fingerprint density at radius 3 is 2.65 bits per heavy atom. The Hall–Kier alpha value is -4.11. The van der Waals surface area contributed by atoms with Crippen LogP contribution in [0.25, 0.3) is 22.4 Å². The van der Waals surface area contributed by atoms with Crippen LogP contribution in [0.5, 0.6) is 11.5 Å². The van der Waals surface area contributed by atoms with Crippen molar-refractivity contribution in [3.05, 3.63) is 53.7 Å². The molecule has 0 unspecified atom stereocenters. The van der Waals surface area contributed by atoms with E-state index in [9.17, 15) is 0 Å². The number of fused-ring (bicyclic) bond motifs is 1. The van der Waals surface area contributed by atoms with Gasteiger partial charge in [-0.15, -0.1) is 0 Å². The van der Waals surface area contributed by atoms with Crippen molar-refractivity contribution in [2.24, 2.45) is 22.8 Å². The number of aliphatic imine (C=N–C) groups is 2. The summed E-state index contributed by atoms with van der Waals surface area (Å²) in [6.07, 6.45) is 3.13. The second-order valence-corrected chi connectivity index (χ2v) is 7.80. The van der Waals surface area contributed by atoms with Crippen molar-refractivity contribution in [2.75, 3.05) is 19.5 Å². The van der Waals surface area contributed by atoms with Crippen molar-refractivity contribution < 1.29 is 9.47 Å². The first kappa shape index (κ1) is 23.1. The Bertz CT molecular complexity index is 1410. The number of hydrogen-bond donors (Lipinski definition) is 2. The number of anilines is 2. The number of hydrogen-bond acceptors (Lipinski definition) is 6. The molecule has 0 saturated carbocycles. The third-order valence-electron chi connectivity index (χ3n) is 5.11. The van der Waals surface area contributed by atoms with Crippen LogP contribution < -0.4 is 20.5 Å². The van der Waals surface area contributed by atoms with Gasteiger partial charge in [0.15, 0.2) is 5.82 Å². The molecule has 4 aromatic rings. The molecule has 0 saturated heterocycles. The second-order valence-electron chi connectivity index (χ2n) is 7.40. The lowest BCUT2D eigenvalue weighted by molar-refractivity contribution is 0.415. The van der Waals surface area contributed by atoms with Crippen LogP contribution in [0.15, 0.2) is 58.6 Å². The SMILES string of the molecule is COc1cc(-c2nc3c(Nc4ccc(N=CN=C(C)N)c(OC)c4)nccc3n2C)ccc1Cl. The molecule has 0 amide bonds. The number of aromatic nitrogens is 3. The van der Waals surface area contributed by atoms with Gasteiger partial charge in [0, 0.05) is 30.6 Å². The summed E-state index contributed by atoms with van der Waals surface area (Å²) < 4.78 is 12.9. The van der Waals surface area contributed by atoms with E-state index in [0.717, 1.165) is 28.1 Å². The van der Waals surface area contributed by atoms with Gasteiger partial charge in [0.05, 0.1) is 30.6 Å². The first-order valence-corrected chi connectivity index (χ1v) is 10.7. The smallest absolute Gasteiger partial charge is 0.158 e. The standard InChI is InChI=1S/C24H24ClN7O2/c1-14(26)28-13-29-18-8-6-16(12-21(18)34-4)30-23-22-19(9-10-27-23)32(2)24(31-22)15-5-7-17(25)20(11-15)33-3/h5-13H,1-4H3,(H,27,30)(H2,26,28,29). The Morgan fingerprint density at radius 1 is 1.12 bits per heavy atom. The van der Waals surface area contributed by atoms with Crippen LogP contribution in [-0.2, 0) is 7.05 Å². The zero-order valence-corrected chi connectivity index (χ0v) is 20.0. The molecule has 10 heteroatoms. The van der Waals surface area contributed by atoms with Gasteiger partial charge in [-0.25, -0.2) is 20.0 Å². The molecule has 0 bridgehead atoms. The van der Waals surface area contributed by atoms with E-state index in [1.165, 1.54) is 6.34 Å². The molecule has 34 heavy (non-hydrogen) atoms. The number of ether oxygens (including phenoxy) is 2. The maximum Gasteiger partial charge on any atom is 0.158 e. The molecule has 0 atom stereocenters. The predicted octanol–water partition coefficient (Wildman–Crippen LogP) is 5.09. The number of amidine groups is 1. The summed E-state index contributed by atoms with van der Waals surface area (Å²) in [5, 5.41) is 3.88. The summed E-state index contributed by atoms with van der Waals surface area (Å²) in [5.41, 5.74) is 9.47. The number of pyridine rings is 1. The second kappa shape index (κ2) is 9.80. The summed E-state index contributed by atoms with van der Waals surface area (Å²) in [5.74, 6) is 2.96. The summed E-state index contributed by atoms with van der Waals surface area (Å²) in [4.78, 5) is 17.6. The summed E-state index contributed by atoms with van der Waals surface area (Å²) in [7, 11) is 5.13. The molecule has 0 aliphatic heterocycles. The van der Waals surface area contributed by atoms with Crippen molar-refractivity contribution in [1.82, 2.24) is 14.5 Å². The van der Waals surface area contributed by atoms with Crippen molar-refractivity contribution in [3.63, 3.8) is 0 Å². The molecule has 9 nitrogen and oxygen atoms in total. The minimum absolute atomic E-state index is 0.423. The zero-order chi connectivity index (χ0) is 24.2. The van der Waals surface area contributed by atoms with E-state index in [-0.39, 0.29) is 0 Å². The number of imidazole rings is 1. The fourth-order valence-corrected chi connectivity index (χ4v) is 3.64. The Labute approximate surface area is 201 Å². The molecule has 0 radical (unpaired) electrons. The minimum atomic E-state index is 0.423. The molecule has 2 heterocycles. The van der Waals surface area contributed by atoms with Crippen LogP contribution in [0.1, 0.15) is 6.92 Å². The number of benzene rings is 2. The van der Waals surface area contributed by atoms with E-state index in [0.29, 0.717) is 33.9 Å². The highest BCUT2D eigenvalue weighted by Gasteiger charge is 2.16. The lowest BCUT2D eigenvalue weighted by Gasteiger charge is -2.10. The summed E-state index contributed by atoms with van der Waals surface area (Å²) >= 11 is 6.19. The fourth-order valence-electron chi connectivity index (χ4n) is 3.45. The van der Waals surface area contributed by atoms with E-state index >= 15 is 0 Å². The van der Waals surface area contributed by atoms with E-state index in [1.54, 1.807) is 33.4 Å². The Balaban J connectivity index is 1.70. The zero-order valence-electron chi connectivity index (χ0n) is 19.2. The van der Waals surface area contributed by atoms with Crippen LogP contribution in [0.4, 0.5) is 17.2 Å². The van der Waals surface area contributed by atoms with Crippen molar-refractivity contribution in [1.29, 1.82) is 0 Å². The van der Waals surface area contributed by atoms with E-state index < -0.39 is 0 Å². The van der Waals surface area contributed by atoms with E-state index in [4.69, 9.17) is 31.8 Å². The Kier molecular flexibility index (Phi) is 6.65. The van der Waals surface area contributed by atoms with Crippen LogP contribution in [0.2, 0.25) is 5.02 Å². The van der Waals surface area contributed by atoms with E-state index in [2.05, 4.69) is 20.3 Å². The molecular formula is C24H24ClN7O2. The van der Waals surface area contributed by atoms with Crippen molar-refractivity contribution >= 4 is 52.0 Å². The molecule has 174 valence electrons. The van der Waals surface area contributed by atoms with Gasteiger partial charge in [0.25, 0.3) is 0 Å². The Morgan fingerprint density at radius 2 is 1.91 bits per heavy atom. The predicted molar refractivity (Wildman–Crippen MR) is 137 cm³/mol. The molecule has 0 fully saturated rings. The first-order chi connectivity index (χ1) is 16.4. The first-order valence-electron chi connectivity index (χ1n) is 10.3. The number of rotatable bonds is 7. The van der Waals surface area contributed by atoms with Gasteiger partial charge >= 0.3 is 0 Å². The largest absolute Gasteiger partial charge is 0.495 e. The lowest BCUT2D eigenvalue weighted by atomic mass is 10.2. The summed E-state index contributed by atoms with van der Waals surface area (Å²) in [6.45, 7) is 1.69. The molecule has 0 aliphatic carbocycles. The average molecular weight is 478 g/mol. The average Bonchev–Trinajstić information content (AvgIpc) is 3.17. The van der Waals surface area contributed by atoms with Gasteiger partial charge in [-0.3, -0.25) is 0 Å². The normalized spacial score (nSPS) is 11.9. The molecule has 0 aliphatic rings. The third kappa shape index (κ3) is 4.65.